The fraction of sp³-hybridized carbons (Fsp3) is 0.667. The molecule has 80 valence electrons. The summed E-state index contributed by atoms with van der Waals surface area (Å²) >= 11 is 0. The van der Waals surface area contributed by atoms with Crippen LogP contribution in [-0.4, -0.2) is 13.1 Å². The molecule has 0 bridgehead atoms. The Labute approximate surface area is 87.5 Å². The summed E-state index contributed by atoms with van der Waals surface area (Å²) in [6.07, 6.45) is 9.03. The van der Waals surface area contributed by atoms with Gasteiger partial charge in [0, 0.05) is 13.1 Å². The fourth-order valence-corrected chi connectivity index (χ4v) is 2.27. The molecule has 0 aromatic rings. The van der Waals surface area contributed by atoms with Crippen LogP contribution in [0.4, 0.5) is 0 Å². The Balaban J connectivity index is 2.20. The molecule has 1 aliphatic carbocycles. The van der Waals surface area contributed by atoms with E-state index in [0.717, 1.165) is 24.9 Å². The van der Waals surface area contributed by atoms with Gasteiger partial charge in [-0.1, -0.05) is 19.6 Å². The summed E-state index contributed by atoms with van der Waals surface area (Å²) in [5.74, 6) is 1.66. The summed E-state index contributed by atoms with van der Waals surface area (Å²) < 4.78 is 0. The van der Waals surface area contributed by atoms with Gasteiger partial charge in [0.1, 0.15) is 0 Å². The van der Waals surface area contributed by atoms with Crippen molar-refractivity contribution in [1.82, 2.24) is 10.6 Å². The fourth-order valence-electron chi connectivity index (χ4n) is 2.27. The van der Waals surface area contributed by atoms with Crippen LogP contribution in [0.5, 0.6) is 0 Å². The van der Waals surface area contributed by atoms with E-state index >= 15 is 0 Å². The first-order valence-electron chi connectivity index (χ1n) is 5.55. The summed E-state index contributed by atoms with van der Waals surface area (Å²) in [6, 6.07) is 0. The van der Waals surface area contributed by atoms with E-state index in [1.54, 1.807) is 12.4 Å². The lowest BCUT2D eigenvalue weighted by Crippen LogP contribution is -2.28. The van der Waals surface area contributed by atoms with Gasteiger partial charge in [0.25, 0.3) is 0 Å². The lowest BCUT2D eigenvalue weighted by atomic mass is 9.81. The molecule has 0 heterocycles. The average molecular weight is 194 g/mol. The van der Waals surface area contributed by atoms with Gasteiger partial charge in [0.2, 0.25) is 0 Å². The molecule has 0 aliphatic heterocycles. The maximum Gasteiger partial charge on any atom is 0.0169 e. The van der Waals surface area contributed by atoms with Gasteiger partial charge in [-0.15, -0.1) is 0 Å². The standard InChI is InChI=1S/C12H22N2/c1-3-13-9-11-6-5-7-12(8-11)10-14-4-2/h3-4,11-14H,1-2,5-10H2. The molecule has 14 heavy (non-hydrogen) atoms. The predicted molar refractivity (Wildman–Crippen MR) is 61.8 cm³/mol. The second kappa shape index (κ2) is 6.52. The number of hydrogen-bond donors (Lipinski definition) is 2. The minimum absolute atomic E-state index is 0.832. The van der Waals surface area contributed by atoms with Crippen LogP contribution in [0.25, 0.3) is 0 Å². The van der Waals surface area contributed by atoms with Crippen molar-refractivity contribution in [1.29, 1.82) is 0 Å². The van der Waals surface area contributed by atoms with Gasteiger partial charge < -0.3 is 10.6 Å². The molecule has 1 rings (SSSR count). The minimum Gasteiger partial charge on any atom is -0.391 e. The SMILES string of the molecule is C=CNCC1CCCC(CNC=C)C1. The first-order valence-corrected chi connectivity index (χ1v) is 5.55. The highest BCUT2D eigenvalue weighted by Crippen LogP contribution is 2.28. The van der Waals surface area contributed by atoms with E-state index in [2.05, 4.69) is 23.8 Å². The maximum absolute atomic E-state index is 3.68. The summed E-state index contributed by atoms with van der Waals surface area (Å²) in [7, 11) is 0. The molecular weight excluding hydrogens is 172 g/mol. The van der Waals surface area contributed by atoms with Crippen LogP contribution in [0.1, 0.15) is 25.7 Å². The van der Waals surface area contributed by atoms with Gasteiger partial charge in [-0.05, 0) is 43.5 Å². The number of hydrogen-bond acceptors (Lipinski definition) is 2. The zero-order chi connectivity index (χ0) is 10.2. The van der Waals surface area contributed by atoms with Crippen LogP contribution in [0.15, 0.2) is 25.6 Å². The third-order valence-electron chi connectivity index (χ3n) is 2.99. The van der Waals surface area contributed by atoms with Crippen LogP contribution in [-0.2, 0) is 0 Å². The van der Waals surface area contributed by atoms with Crippen LogP contribution < -0.4 is 10.6 Å². The molecule has 2 N–H and O–H groups in total. The van der Waals surface area contributed by atoms with Crippen molar-refractivity contribution in [3.05, 3.63) is 25.6 Å². The van der Waals surface area contributed by atoms with Gasteiger partial charge in [-0.2, -0.15) is 0 Å². The van der Waals surface area contributed by atoms with Crippen molar-refractivity contribution >= 4 is 0 Å². The Morgan fingerprint density at radius 1 is 1.00 bits per heavy atom. The Morgan fingerprint density at radius 3 is 1.93 bits per heavy atom. The monoisotopic (exact) mass is 194 g/mol. The minimum atomic E-state index is 0.832. The first-order chi connectivity index (χ1) is 6.86. The van der Waals surface area contributed by atoms with E-state index in [1.165, 1.54) is 25.7 Å². The molecule has 0 amide bonds. The molecule has 2 unspecified atom stereocenters. The van der Waals surface area contributed by atoms with Crippen molar-refractivity contribution in [3.8, 4) is 0 Å². The highest BCUT2D eigenvalue weighted by atomic mass is 14.8. The molecule has 0 spiro atoms. The van der Waals surface area contributed by atoms with Crippen molar-refractivity contribution < 1.29 is 0 Å². The summed E-state index contributed by atoms with van der Waals surface area (Å²) in [6.45, 7) is 9.54. The Bertz CT molecular complexity index is 159. The van der Waals surface area contributed by atoms with E-state index in [9.17, 15) is 0 Å². The normalized spacial score (nSPS) is 26.6. The second-order valence-corrected chi connectivity index (χ2v) is 4.12. The molecule has 2 atom stereocenters. The third kappa shape index (κ3) is 3.86. The maximum atomic E-state index is 3.68. The Morgan fingerprint density at radius 2 is 1.50 bits per heavy atom. The van der Waals surface area contributed by atoms with Crippen molar-refractivity contribution in [2.75, 3.05) is 13.1 Å². The molecule has 0 aromatic heterocycles. The molecular formula is C12H22N2. The first kappa shape index (κ1) is 11.2. The van der Waals surface area contributed by atoms with Crippen molar-refractivity contribution in [2.45, 2.75) is 25.7 Å². The summed E-state index contributed by atoms with van der Waals surface area (Å²) in [5, 5.41) is 6.44. The van der Waals surface area contributed by atoms with E-state index in [0.29, 0.717) is 0 Å². The van der Waals surface area contributed by atoms with Gasteiger partial charge in [0.05, 0.1) is 0 Å². The molecule has 2 heteroatoms. The smallest absolute Gasteiger partial charge is 0.0169 e. The topological polar surface area (TPSA) is 24.1 Å². The predicted octanol–water partition coefficient (Wildman–Crippen LogP) is 2.26. The van der Waals surface area contributed by atoms with Crippen LogP contribution >= 0.6 is 0 Å². The molecule has 0 aromatic carbocycles. The van der Waals surface area contributed by atoms with Gasteiger partial charge in [-0.25, -0.2) is 0 Å². The zero-order valence-corrected chi connectivity index (χ0v) is 8.97. The number of nitrogens with one attached hydrogen (secondary N) is 2. The van der Waals surface area contributed by atoms with Gasteiger partial charge in [0.15, 0.2) is 0 Å². The summed E-state index contributed by atoms with van der Waals surface area (Å²) in [4.78, 5) is 0. The lowest BCUT2D eigenvalue weighted by Gasteiger charge is -2.29. The quantitative estimate of drug-likeness (QED) is 0.677. The van der Waals surface area contributed by atoms with Crippen LogP contribution in [0.2, 0.25) is 0 Å². The average Bonchev–Trinajstić information content (AvgIpc) is 2.24. The van der Waals surface area contributed by atoms with Crippen LogP contribution in [0.3, 0.4) is 0 Å². The third-order valence-corrected chi connectivity index (χ3v) is 2.99. The van der Waals surface area contributed by atoms with E-state index < -0.39 is 0 Å². The summed E-state index contributed by atoms with van der Waals surface area (Å²) in [5.41, 5.74) is 0. The molecule has 1 aliphatic rings. The van der Waals surface area contributed by atoms with Gasteiger partial charge >= 0.3 is 0 Å². The lowest BCUT2D eigenvalue weighted by molar-refractivity contribution is 0.263. The van der Waals surface area contributed by atoms with E-state index in [4.69, 9.17) is 0 Å². The molecule has 1 fully saturated rings. The van der Waals surface area contributed by atoms with Gasteiger partial charge in [-0.3, -0.25) is 0 Å². The van der Waals surface area contributed by atoms with Crippen molar-refractivity contribution in [3.63, 3.8) is 0 Å². The van der Waals surface area contributed by atoms with E-state index in [1.807, 2.05) is 0 Å². The molecule has 0 radical (unpaired) electrons. The van der Waals surface area contributed by atoms with Crippen molar-refractivity contribution in [2.24, 2.45) is 11.8 Å². The zero-order valence-electron chi connectivity index (χ0n) is 8.97. The largest absolute Gasteiger partial charge is 0.391 e. The molecule has 0 saturated heterocycles. The number of rotatable bonds is 6. The highest BCUT2D eigenvalue weighted by molar-refractivity contribution is 4.79. The Hall–Kier alpha value is -0.920. The van der Waals surface area contributed by atoms with E-state index in [-0.39, 0.29) is 0 Å². The van der Waals surface area contributed by atoms with Crippen LogP contribution in [0, 0.1) is 11.8 Å². The highest BCUT2D eigenvalue weighted by Gasteiger charge is 2.20. The molecule has 2 nitrogen and oxygen atoms in total. The second-order valence-electron chi connectivity index (χ2n) is 4.12. The Kier molecular flexibility index (Phi) is 5.20. The molecule has 1 saturated carbocycles.